The summed E-state index contributed by atoms with van der Waals surface area (Å²) in [6.45, 7) is 1.87. The van der Waals surface area contributed by atoms with E-state index in [4.69, 9.17) is 20.2 Å². The number of fused-ring (bicyclic) bond motifs is 1. The molecule has 32 heavy (non-hydrogen) atoms. The summed E-state index contributed by atoms with van der Waals surface area (Å²) < 4.78 is 78.5. The van der Waals surface area contributed by atoms with Gasteiger partial charge < -0.3 is 13.3 Å². The lowest BCUT2D eigenvalue weighted by Gasteiger charge is -2.14. The van der Waals surface area contributed by atoms with Crippen LogP contribution in [0.15, 0.2) is 70.0 Å². The smallest absolute Gasteiger partial charge is 0.436 e. The van der Waals surface area contributed by atoms with E-state index in [0.29, 0.717) is 11.1 Å². The van der Waals surface area contributed by atoms with Crippen molar-refractivity contribution >= 4 is 32.8 Å². The minimum Gasteiger partial charge on any atom is -0.436 e. The van der Waals surface area contributed by atoms with Gasteiger partial charge in [-0.25, -0.2) is 4.98 Å². The Labute approximate surface area is 185 Å². The molecule has 0 saturated carbocycles. The second-order valence-electron chi connectivity index (χ2n) is 6.66. The van der Waals surface area contributed by atoms with E-state index in [1.54, 1.807) is 12.1 Å². The highest BCUT2D eigenvalue weighted by molar-refractivity contribution is 7.87. The Bertz CT molecular complexity index is 1420. The highest BCUT2D eigenvalue weighted by atomic mass is 35.5. The fourth-order valence-electron chi connectivity index (χ4n) is 2.92. The first-order valence-electron chi connectivity index (χ1n) is 8.98. The van der Waals surface area contributed by atoms with E-state index in [9.17, 15) is 21.6 Å². The van der Waals surface area contributed by atoms with Crippen molar-refractivity contribution in [1.29, 1.82) is 0 Å². The predicted molar refractivity (Wildman–Crippen MR) is 110 cm³/mol. The van der Waals surface area contributed by atoms with E-state index < -0.39 is 27.1 Å². The Morgan fingerprint density at radius 3 is 2.50 bits per heavy atom. The second-order valence-corrected chi connectivity index (χ2v) is 8.61. The summed E-state index contributed by atoms with van der Waals surface area (Å²) in [7, 11) is -4.75. The minimum absolute atomic E-state index is 0.0484. The van der Waals surface area contributed by atoms with Crippen LogP contribution in [0.5, 0.6) is 11.5 Å². The van der Waals surface area contributed by atoms with Crippen molar-refractivity contribution in [3.05, 3.63) is 71.2 Å². The number of aryl methyl sites for hydroxylation is 1. The van der Waals surface area contributed by atoms with Gasteiger partial charge in [0.25, 0.3) is 0 Å². The van der Waals surface area contributed by atoms with Crippen LogP contribution in [-0.4, -0.2) is 19.8 Å². The monoisotopic (exact) mass is 483 g/mol. The molecule has 0 bridgehead atoms. The molecule has 0 spiro atoms. The van der Waals surface area contributed by atoms with Crippen LogP contribution in [0.2, 0.25) is 5.02 Å². The van der Waals surface area contributed by atoms with Gasteiger partial charge in [0.1, 0.15) is 10.4 Å². The second kappa shape index (κ2) is 8.03. The molecule has 4 rings (SSSR count). The van der Waals surface area contributed by atoms with Gasteiger partial charge in [-0.05, 0) is 48.9 Å². The first-order chi connectivity index (χ1) is 15.0. The van der Waals surface area contributed by atoms with Crippen molar-refractivity contribution in [2.24, 2.45) is 0 Å². The van der Waals surface area contributed by atoms with Crippen LogP contribution in [0.1, 0.15) is 5.56 Å². The Kier molecular flexibility index (Phi) is 5.51. The SMILES string of the molecule is Cc1ccc2oc(-c3ccc(Cl)cc3OS(=O)(=O)c3ccccc3OC(F)(F)F)nc2c1. The van der Waals surface area contributed by atoms with Crippen LogP contribution in [0.25, 0.3) is 22.6 Å². The maximum atomic E-state index is 12.9. The van der Waals surface area contributed by atoms with Crippen LogP contribution in [0.4, 0.5) is 13.2 Å². The Hall–Kier alpha value is -3.24. The fraction of sp³-hybridized carbons (Fsp3) is 0.0952. The van der Waals surface area contributed by atoms with Crippen LogP contribution in [0.3, 0.4) is 0 Å². The van der Waals surface area contributed by atoms with Gasteiger partial charge in [-0.3, -0.25) is 0 Å². The molecule has 0 amide bonds. The number of ether oxygens (including phenoxy) is 1. The molecule has 0 fully saturated rings. The number of oxazole rings is 1. The van der Waals surface area contributed by atoms with Gasteiger partial charge in [0, 0.05) is 11.1 Å². The maximum absolute atomic E-state index is 12.9. The topological polar surface area (TPSA) is 78.6 Å². The maximum Gasteiger partial charge on any atom is 0.573 e. The number of halogens is 4. The van der Waals surface area contributed by atoms with Gasteiger partial charge >= 0.3 is 16.5 Å². The van der Waals surface area contributed by atoms with E-state index >= 15 is 0 Å². The Morgan fingerprint density at radius 1 is 1.00 bits per heavy atom. The molecule has 0 aliphatic rings. The zero-order valence-corrected chi connectivity index (χ0v) is 17.8. The van der Waals surface area contributed by atoms with Crippen molar-refractivity contribution in [3.8, 4) is 23.0 Å². The molecule has 0 atom stereocenters. The standard InChI is InChI=1S/C21H13ClF3NO5S/c1-12-6-9-16-15(10-12)26-20(29-16)14-8-7-13(22)11-18(14)31-32(27,28)19-5-3-2-4-17(19)30-21(23,24)25/h2-11H,1H3. The predicted octanol–water partition coefficient (Wildman–Crippen LogP) is 6.12. The summed E-state index contributed by atoms with van der Waals surface area (Å²) in [5.41, 5.74) is 2.07. The Balaban J connectivity index is 1.77. The van der Waals surface area contributed by atoms with Crippen molar-refractivity contribution in [2.75, 3.05) is 0 Å². The molecule has 1 heterocycles. The molecule has 0 saturated heterocycles. The van der Waals surface area contributed by atoms with Crippen molar-refractivity contribution in [2.45, 2.75) is 18.2 Å². The summed E-state index contributed by atoms with van der Waals surface area (Å²) in [5.74, 6) is -1.16. The molecule has 4 aromatic rings. The first kappa shape index (κ1) is 22.0. The molecule has 0 radical (unpaired) electrons. The highest BCUT2D eigenvalue weighted by Gasteiger charge is 2.35. The molecular formula is C21H13ClF3NO5S. The lowest BCUT2D eigenvalue weighted by Crippen LogP contribution is -2.20. The number of alkyl halides is 3. The fourth-order valence-corrected chi connectivity index (χ4v) is 4.15. The van der Waals surface area contributed by atoms with Gasteiger partial charge in [-0.15, -0.1) is 13.2 Å². The summed E-state index contributed by atoms with van der Waals surface area (Å²) in [6, 6.07) is 13.6. The van der Waals surface area contributed by atoms with Gasteiger partial charge in [-0.2, -0.15) is 8.42 Å². The van der Waals surface area contributed by atoms with Crippen molar-refractivity contribution < 1.29 is 34.9 Å². The summed E-state index contributed by atoms with van der Waals surface area (Å²) in [4.78, 5) is 3.54. The highest BCUT2D eigenvalue weighted by Crippen LogP contribution is 2.37. The number of hydrogen-bond donors (Lipinski definition) is 0. The van der Waals surface area contributed by atoms with Crippen LogP contribution in [-0.2, 0) is 10.1 Å². The number of aromatic nitrogens is 1. The van der Waals surface area contributed by atoms with E-state index in [2.05, 4.69) is 9.72 Å². The van der Waals surface area contributed by atoms with Crippen LogP contribution >= 0.6 is 11.6 Å². The average molecular weight is 484 g/mol. The molecule has 166 valence electrons. The molecule has 11 heteroatoms. The van der Waals surface area contributed by atoms with E-state index in [1.165, 1.54) is 30.3 Å². The van der Waals surface area contributed by atoms with Gasteiger partial charge in [0.15, 0.2) is 17.1 Å². The summed E-state index contributed by atoms with van der Waals surface area (Å²) in [6.07, 6.45) is -5.09. The third kappa shape index (κ3) is 4.66. The van der Waals surface area contributed by atoms with Gasteiger partial charge in [0.2, 0.25) is 5.89 Å². The number of nitrogens with zero attached hydrogens (tertiary/aromatic N) is 1. The minimum atomic E-state index is -5.09. The van der Waals surface area contributed by atoms with Crippen LogP contribution < -0.4 is 8.92 Å². The number of para-hydroxylation sites is 1. The molecule has 0 aliphatic heterocycles. The zero-order chi connectivity index (χ0) is 23.1. The number of rotatable bonds is 5. The molecular weight excluding hydrogens is 471 g/mol. The van der Waals surface area contributed by atoms with Crippen LogP contribution in [0, 0.1) is 6.92 Å². The number of hydrogen-bond acceptors (Lipinski definition) is 6. The lowest BCUT2D eigenvalue weighted by molar-refractivity contribution is -0.275. The summed E-state index contributed by atoms with van der Waals surface area (Å²) in [5, 5.41) is 0.130. The van der Waals surface area contributed by atoms with Gasteiger partial charge in [0.05, 0.1) is 5.56 Å². The normalized spacial score (nSPS) is 12.2. The van der Waals surface area contributed by atoms with Crippen molar-refractivity contribution in [3.63, 3.8) is 0 Å². The lowest BCUT2D eigenvalue weighted by atomic mass is 10.2. The Morgan fingerprint density at radius 2 is 1.75 bits per heavy atom. The van der Waals surface area contributed by atoms with E-state index in [0.717, 1.165) is 17.7 Å². The largest absolute Gasteiger partial charge is 0.573 e. The van der Waals surface area contributed by atoms with E-state index in [-0.39, 0.29) is 22.2 Å². The average Bonchev–Trinajstić information content (AvgIpc) is 3.09. The number of benzene rings is 3. The molecule has 0 N–H and O–H groups in total. The van der Waals surface area contributed by atoms with E-state index in [1.807, 2.05) is 13.0 Å². The summed E-state index contributed by atoms with van der Waals surface area (Å²) >= 11 is 6.00. The third-order valence-electron chi connectivity index (χ3n) is 4.26. The molecule has 3 aromatic carbocycles. The zero-order valence-electron chi connectivity index (χ0n) is 16.2. The third-order valence-corrected chi connectivity index (χ3v) is 5.77. The molecule has 1 aromatic heterocycles. The first-order valence-corrected chi connectivity index (χ1v) is 10.8. The van der Waals surface area contributed by atoms with Crippen molar-refractivity contribution in [1.82, 2.24) is 4.98 Å². The van der Waals surface area contributed by atoms with Gasteiger partial charge in [-0.1, -0.05) is 29.8 Å². The molecule has 6 nitrogen and oxygen atoms in total. The quantitative estimate of drug-likeness (QED) is 0.318. The molecule has 0 aliphatic carbocycles. The molecule has 0 unspecified atom stereocenters.